The molecule has 2 aromatic carbocycles. The fourth-order valence-electron chi connectivity index (χ4n) is 3.51. The summed E-state index contributed by atoms with van der Waals surface area (Å²) in [7, 11) is 0. The zero-order valence-corrected chi connectivity index (χ0v) is 18.1. The number of carbonyl (C=O) groups excluding carboxylic acids is 1. The summed E-state index contributed by atoms with van der Waals surface area (Å²) in [4.78, 5) is 19.0. The second kappa shape index (κ2) is 10.00. The highest BCUT2D eigenvalue weighted by Gasteiger charge is 2.31. The minimum absolute atomic E-state index is 0.0631. The lowest BCUT2D eigenvalue weighted by molar-refractivity contribution is -0.274. The standard InChI is InChI=1S/C22H23F3N6O3/c23-22(24,25)34-18-7-3-15(4-8-18)19(32)31-20(26)28-21(29-31)27-16-5-9-17(10-6-16)33-14-13-30-11-1-2-12-30/h3-10H,1-2,11-14H2,(H3,26,27,28,29). The van der Waals surface area contributed by atoms with Gasteiger partial charge in [-0.05, 0) is 74.5 Å². The highest BCUT2D eigenvalue weighted by atomic mass is 19.4. The van der Waals surface area contributed by atoms with E-state index in [9.17, 15) is 18.0 Å². The number of ether oxygens (including phenoxy) is 2. The molecule has 9 nitrogen and oxygen atoms in total. The molecule has 0 atom stereocenters. The van der Waals surface area contributed by atoms with Gasteiger partial charge < -0.3 is 20.5 Å². The van der Waals surface area contributed by atoms with E-state index in [-0.39, 0.29) is 17.5 Å². The van der Waals surface area contributed by atoms with E-state index in [2.05, 4.69) is 25.0 Å². The Kier molecular flexibility index (Phi) is 6.87. The van der Waals surface area contributed by atoms with Crippen molar-refractivity contribution in [1.82, 2.24) is 19.7 Å². The second-order valence-electron chi connectivity index (χ2n) is 7.63. The first-order valence-corrected chi connectivity index (χ1v) is 10.6. The van der Waals surface area contributed by atoms with E-state index in [0.29, 0.717) is 12.3 Å². The lowest BCUT2D eigenvalue weighted by Crippen LogP contribution is -2.25. The Hall–Kier alpha value is -3.80. The molecule has 0 amide bonds. The van der Waals surface area contributed by atoms with Crippen LogP contribution in [0.1, 0.15) is 23.2 Å². The molecule has 1 aliphatic heterocycles. The van der Waals surface area contributed by atoms with Gasteiger partial charge in [-0.2, -0.15) is 9.67 Å². The van der Waals surface area contributed by atoms with Gasteiger partial charge in [0.05, 0.1) is 0 Å². The summed E-state index contributed by atoms with van der Waals surface area (Å²) < 4.78 is 47.3. The summed E-state index contributed by atoms with van der Waals surface area (Å²) in [6.45, 7) is 3.75. The first kappa shape index (κ1) is 23.4. The monoisotopic (exact) mass is 476 g/mol. The van der Waals surface area contributed by atoms with Crippen LogP contribution in [0.15, 0.2) is 48.5 Å². The molecule has 0 aliphatic carbocycles. The summed E-state index contributed by atoms with van der Waals surface area (Å²) in [5.41, 5.74) is 6.53. The molecule has 4 rings (SSSR count). The number of nitrogens with two attached hydrogens (primary N) is 1. The van der Waals surface area contributed by atoms with Crippen molar-refractivity contribution in [3.05, 3.63) is 54.1 Å². The van der Waals surface area contributed by atoms with Gasteiger partial charge in [0.1, 0.15) is 18.1 Å². The number of carbonyl (C=O) groups is 1. The second-order valence-corrected chi connectivity index (χ2v) is 7.63. The van der Waals surface area contributed by atoms with Gasteiger partial charge >= 0.3 is 6.36 Å². The van der Waals surface area contributed by atoms with Gasteiger partial charge in [0.15, 0.2) is 0 Å². The van der Waals surface area contributed by atoms with E-state index in [4.69, 9.17) is 10.5 Å². The predicted molar refractivity (Wildman–Crippen MR) is 118 cm³/mol. The van der Waals surface area contributed by atoms with Crippen LogP contribution in [0.4, 0.5) is 30.8 Å². The third-order valence-electron chi connectivity index (χ3n) is 5.14. The largest absolute Gasteiger partial charge is 0.573 e. The van der Waals surface area contributed by atoms with E-state index in [1.807, 2.05) is 12.1 Å². The molecule has 34 heavy (non-hydrogen) atoms. The smallest absolute Gasteiger partial charge is 0.492 e. The zero-order chi connectivity index (χ0) is 24.1. The van der Waals surface area contributed by atoms with E-state index in [1.54, 1.807) is 12.1 Å². The minimum Gasteiger partial charge on any atom is -0.492 e. The molecule has 1 aromatic heterocycles. The topological polar surface area (TPSA) is 108 Å². The van der Waals surface area contributed by atoms with Crippen molar-refractivity contribution in [1.29, 1.82) is 0 Å². The van der Waals surface area contributed by atoms with Gasteiger partial charge in [0.2, 0.25) is 11.9 Å². The van der Waals surface area contributed by atoms with Crippen LogP contribution in [0.25, 0.3) is 0 Å². The third-order valence-corrected chi connectivity index (χ3v) is 5.14. The number of hydrogen-bond donors (Lipinski definition) is 2. The van der Waals surface area contributed by atoms with Crippen molar-refractivity contribution < 1.29 is 27.4 Å². The molecule has 0 spiro atoms. The molecule has 3 aromatic rings. The zero-order valence-electron chi connectivity index (χ0n) is 18.1. The Bertz CT molecular complexity index is 1110. The Balaban J connectivity index is 1.34. The van der Waals surface area contributed by atoms with Crippen molar-refractivity contribution in [3.8, 4) is 11.5 Å². The van der Waals surface area contributed by atoms with Crippen LogP contribution in [0.5, 0.6) is 11.5 Å². The van der Waals surface area contributed by atoms with Crippen LogP contribution in [0.3, 0.4) is 0 Å². The van der Waals surface area contributed by atoms with Crippen molar-refractivity contribution >= 4 is 23.5 Å². The molecule has 1 saturated heterocycles. The summed E-state index contributed by atoms with van der Waals surface area (Å²) in [6.07, 6.45) is -2.34. The van der Waals surface area contributed by atoms with Crippen molar-refractivity contribution in [2.75, 3.05) is 37.3 Å². The summed E-state index contributed by atoms with van der Waals surface area (Å²) in [5.74, 6) is -0.453. The number of nitrogens with one attached hydrogen (secondary N) is 1. The van der Waals surface area contributed by atoms with E-state index in [1.165, 1.54) is 25.0 Å². The number of aromatic nitrogens is 3. The lowest BCUT2D eigenvalue weighted by atomic mass is 10.2. The lowest BCUT2D eigenvalue weighted by Gasteiger charge is -2.15. The fraction of sp³-hybridized carbons (Fsp3) is 0.318. The highest BCUT2D eigenvalue weighted by molar-refractivity contribution is 5.97. The molecule has 0 radical (unpaired) electrons. The van der Waals surface area contributed by atoms with Crippen molar-refractivity contribution in [2.45, 2.75) is 19.2 Å². The third kappa shape index (κ3) is 6.16. The SMILES string of the molecule is Nc1nc(Nc2ccc(OCCN3CCCC3)cc2)nn1C(=O)c1ccc(OC(F)(F)F)cc1. The molecular formula is C22H23F3N6O3. The van der Waals surface area contributed by atoms with Crippen LogP contribution in [0, 0.1) is 0 Å². The van der Waals surface area contributed by atoms with E-state index in [0.717, 1.165) is 42.2 Å². The predicted octanol–water partition coefficient (Wildman–Crippen LogP) is 3.67. The van der Waals surface area contributed by atoms with Gasteiger partial charge in [0.25, 0.3) is 5.91 Å². The van der Waals surface area contributed by atoms with Gasteiger partial charge in [-0.25, -0.2) is 0 Å². The van der Waals surface area contributed by atoms with Crippen LogP contribution in [0.2, 0.25) is 0 Å². The quantitative estimate of drug-likeness (QED) is 0.507. The Morgan fingerprint density at radius 1 is 1.03 bits per heavy atom. The molecule has 2 heterocycles. The molecular weight excluding hydrogens is 453 g/mol. The maximum Gasteiger partial charge on any atom is 0.573 e. The maximum absolute atomic E-state index is 12.6. The molecule has 1 aliphatic rings. The van der Waals surface area contributed by atoms with Gasteiger partial charge in [0, 0.05) is 17.8 Å². The molecule has 12 heteroatoms. The number of anilines is 3. The Morgan fingerprint density at radius 3 is 2.32 bits per heavy atom. The van der Waals surface area contributed by atoms with Crippen LogP contribution in [-0.2, 0) is 0 Å². The van der Waals surface area contributed by atoms with Crippen molar-refractivity contribution in [3.63, 3.8) is 0 Å². The molecule has 0 unspecified atom stereocenters. The molecule has 0 bridgehead atoms. The molecule has 180 valence electrons. The molecule has 1 fully saturated rings. The Morgan fingerprint density at radius 2 is 1.68 bits per heavy atom. The number of benzene rings is 2. The first-order valence-electron chi connectivity index (χ1n) is 10.6. The number of likely N-dealkylation sites (tertiary alicyclic amines) is 1. The van der Waals surface area contributed by atoms with E-state index >= 15 is 0 Å². The number of hydrogen-bond acceptors (Lipinski definition) is 8. The fourth-order valence-corrected chi connectivity index (χ4v) is 3.51. The number of nitrogens with zero attached hydrogens (tertiary/aromatic N) is 4. The van der Waals surface area contributed by atoms with Gasteiger partial charge in [-0.1, -0.05) is 0 Å². The first-order chi connectivity index (χ1) is 16.3. The van der Waals surface area contributed by atoms with Crippen LogP contribution < -0.4 is 20.5 Å². The number of rotatable bonds is 8. The van der Waals surface area contributed by atoms with Gasteiger partial charge in [-0.3, -0.25) is 9.69 Å². The summed E-state index contributed by atoms with van der Waals surface area (Å²) in [5, 5.41) is 7.00. The normalized spacial score (nSPS) is 14.2. The summed E-state index contributed by atoms with van der Waals surface area (Å²) in [6, 6.07) is 11.6. The average Bonchev–Trinajstić information content (AvgIpc) is 3.43. The molecule has 0 saturated carbocycles. The summed E-state index contributed by atoms with van der Waals surface area (Å²) >= 11 is 0. The number of halogens is 3. The maximum atomic E-state index is 12.6. The van der Waals surface area contributed by atoms with E-state index < -0.39 is 18.0 Å². The van der Waals surface area contributed by atoms with Crippen LogP contribution >= 0.6 is 0 Å². The number of nitrogen functional groups attached to an aromatic ring is 1. The molecule has 3 N–H and O–H groups in total. The number of alkyl halides is 3. The minimum atomic E-state index is -4.82. The highest BCUT2D eigenvalue weighted by Crippen LogP contribution is 2.24. The van der Waals surface area contributed by atoms with Crippen molar-refractivity contribution in [2.24, 2.45) is 0 Å². The van der Waals surface area contributed by atoms with Crippen LogP contribution in [-0.4, -0.2) is 58.2 Å². The van der Waals surface area contributed by atoms with Gasteiger partial charge in [-0.15, -0.1) is 18.3 Å². The average molecular weight is 476 g/mol. The Labute approximate surface area is 193 Å².